The van der Waals surface area contributed by atoms with E-state index in [1.54, 1.807) is 0 Å². The fourth-order valence-electron chi connectivity index (χ4n) is 2.38. The number of benzene rings is 1. The van der Waals surface area contributed by atoms with E-state index in [9.17, 15) is 19.7 Å². The molecule has 0 saturated heterocycles. The molecule has 29 heavy (non-hydrogen) atoms. The molecule has 1 unspecified atom stereocenters. The second-order valence-corrected chi connectivity index (χ2v) is 5.85. The number of nitro benzene ring substituents is 1. The van der Waals surface area contributed by atoms with Crippen LogP contribution in [0.15, 0.2) is 17.2 Å². The number of methoxy groups -OCH3 is 1. The molecule has 1 aromatic rings. The summed E-state index contributed by atoms with van der Waals surface area (Å²) in [6.07, 6.45) is -0.520. The van der Waals surface area contributed by atoms with Gasteiger partial charge in [0.05, 0.1) is 30.3 Å². The Morgan fingerprint density at radius 2 is 2.03 bits per heavy atom. The molecule has 0 radical (unpaired) electrons. The number of aliphatic carboxylic acids is 1. The number of carbonyl (C=O) groups is 2. The van der Waals surface area contributed by atoms with Crippen molar-refractivity contribution in [3.05, 3.63) is 38.3 Å². The summed E-state index contributed by atoms with van der Waals surface area (Å²) in [6, 6.07) is 2.50. The predicted molar refractivity (Wildman–Crippen MR) is 99.8 cm³/mol. The molecule has 0 fully saturated rings. The van der Waals surface area contributed by atoms with Gasteiger partial charge in [-0.1, -0.05) is 5.11 Å². The van der Waals surface area contributed by atoms with Crippen LogP contribution in [0.25, 0.3) is 10.4 Å². The number of nitro groups is 1. The topological polar surface area (TPSA) is 174 Å². The van der Waals surface area contributed by atoms with Crippen molar-refractivity contribution >= 4 is 17.6 Å². The van der Waals surface area contributed by atoms with E-state index in [2.05, 4.69) is 10.0 Å². The van der Waals surface area contributed by atoms with Gasteiger partial charge in [0.2, 0.25) is 0 Å². The first-order valence-electron chi connectivity index (χ1n) is 8.71. The van der Waals surface area contributed by atoms with Crippen LogP contribution < -0.4 is 9.47 Å². The quantitative estimate of drug-likeness (QED) is 0.0976. The van der Waals surface area contributed by atoms with E-state index < -0.39 is 23.0 Å². The monoisotopic (exact) mass is 410 g/mol. The summed E-state index contributed by atoms with van der Waals surface area (Å²) in [5.41, 5.74) is 8.00. The standard InChI is InChI=1S/C17H22N4O8/c1-11(29-17(24)6-3-7-19-20-18)12-9-14(27-2)15(10-13(12)21(25)26)28-8-4-5-16(22)23/h9-11H,3-8H2,1-2H3,(H,22,23). The molecular weight excluding hydrogens is 388 g/mol. The summed E-state index contributed by atoms with van der Waals surface area (Å²) in [5, 5.41) is 23.4. The van der Waals surface area contributed by atoms with Crippen molar-refractivity contribution in [1.29, 1.82) is 0 Å². The molecule has 0 aliphatic heterocycles. The van der Waals surface area contributed by atoms with Crippen molar-refractivity contribution in [2.75, 3.05) is 20.3 Å². The molecule has 0 saturated carbocycles. The number of azide groups is 1. The first-order chi connectivity index (χ1) is 13.8. The van der Waals surface area contributed by atoms with Crippen LogP contribution in [-0.4, -0.2) is 42.2 Å². The average molecular weight is 410 g/mol. The maximum absolute atomic E-state index is 11.9. The molecule has 0 amide bonds. The van der Waals surface area contributed by atoms with Crippen LogP contribution in [0.2, 0.25) is 0 Å². The van der Waals surface area contributed by atoms with Gasteiger partial charge in [-0.05, 0) is 31.4 Å². The van der Waals surface area contributed by atoms with Gasteiger partial charge in [-0.2, -0.15) is 0 Å². The second-order valence-electron chi connectivity index (χ2n) is 5.85. The number of carboxylic acids is 1. The highest BCUT2D eigenvalue weighted by Crippen LogP contribution is 2.38. The van der Waals surface area contributed by atoms with Crippen molar-refractivity contribution in [2.24, 2.45) is 5.11 Å². The molecule has 1 N–H and O–H groups in total. The van der Waals surface area contributed by atoms with Crippen molar-refractivity contribution < 1.29 is 33.8 Å². The third-order valence-electron chi connectivity index (χ3n) is 3.75. The Labute approximate surface area is 166 Å². The van der Waals surface area contributed by atoms with Gasteiger partial charge in [0, 0.05) is 24.3 Å². The highest BCUT2D eigenvalue weighted by atomic mass is 16.6. The van der Waals surface area contributed by atoms with Crippen molar-refractivity contribution in [2.45, 2.75) is 38.7 Å². The van der Waals surface area contributed by atoms with Crippen LogP contribution >= 0.6 is 0 Å². The Hall–Kier alpha value is -3.53. The smallest absolute Gasteiger partial charge is 0.306 e. The van der Waals surface area contributed by atoms with Gasteiger partial charge in [-0.25, -0.2) is 0 Å². The molecule has 12 heteroatoms. The zero-order valence-corrected chi connectivity index (χ0v) is 16.1. The third-order valence-corrected chi connectivity index (χ3v) is 3.75. The van der Waals surface area contributed by atoms with Crippen LogP contribution in [0.3, 0.4) is 0 Å². The first kappa shape index (κ1) is 23.5. The lowest BCUT2D eigenvalue weighted by Crippen LogP contribution is -2.11. The zero-order valence-electron chi connectivity index (χ0n) is 16.1. The van der Waals surface area contributed by atoms with Crippen LogP contribution in [0.1, 0.15) is 44.3 Å². The van der Waals surface area contributed by atoms with Crippen LogP contribution in [0.4, 0.5) is 5.69 Å². The summed E-state index contributed by atoms with van der Waals surface area (Å²) in [7, 11) is 1.35. The molecular formula is C17H22N4O8. The maximum Gasteiger partial charge on any atom is 0.306 e. The number of carbonyl (C=O) groups excluding carboxylic acids is 1. The molecule has 158 valence electrons. The lowest BCUT2D eigenvalue weighted by atomic mass is 10.1. The predicted octanol–water partition coefficient (Wildman–Crippen LogP) is 3.54. The molecule has 0 aliphatic carbocycles. The van der Waals surface area contributed by atoms with Crippen LogP contribution in [0, 0.1) is 10.1 Å². The fourth-order valence-corrected chi connectivity index (χ4v) is 2.38. The maximum atomic E-state index is 11.9. The summed E-state index contributed by atoms with van der Waals surface area (Å²) in [6.45, 7) is 1.66. The number of nitrogens with zero attached hydrogens (tertiary/aromatic N) is 4. The summed E-state index contributed by atoms with van der Waals surface area (Å²) >= 11 is 0. The van der Waals surface area contributed by atoms with E-state index >= 15 is 0 Å². The van der Waals surface area contributed by atoms with E-state index in [4.69, 9.17) is 24.8 Å². The highest BCUT2D eigenvalue weighted by Gasteiger charge is 2.26. The Kier molecular flexibility index (Phi) is 9.75. The van der Waals surface area contributed by atoms with Gasteiger partial charge in [-0.3, -0.25) is 19.7 Å². The molecule has 0 bridgehead atoms. The zero-order chi connectivity index (χ0) is 21.8. The van der Waals surface area contributed by atoms with Gasteiger partial charge in [0.1, 0.15) is 6.10 Å². The first-order valence-corrected chi connectivity index (χ1v) is 8.71. The van der Waals surface area contributed by atoms with Gasteiger partial charge < -0.3 is 19.3 Å². The van der Waals surface area contributed by atoms with E-state index in [0.717, 1.165) is 6.07 Å². The van der Waals surface area contributed by atoms with Gasteiger partial charge >= 0.3 is 11.9 Å². The number of hydrogen-bond acceptors (Lipinski definition) is 8. The van der Waals surface area contributed by atoms with E-state index in [1.807, 2.05) is 0 Å². The number of ether oxygens (including phenoxy) is 3. The van der Waals surface area contributed by atoms with Crippen molar-refractivity contribution in [3.63, 3.8) is 0 Å². The van der Waals surface area contributed by atoms with E-state index in [-0.39, 0.29) is 55.2 Å². The highest BCUT2D eigenvalue weighted by molar-refractivity contribution is 5.70. The van der Waals surface area contributed by atoms with Crippen LogP contribution in [0.5, 0.6) is 11.5 Å². The van der Waals surface area contributed by atoms with Crippen molar-refractivity contribution in [3.8, 4) is 11.5 Å². The molecule has 0 spiro atoms. The molecule has 1 aromatic carbocycles. The lowest BCUT2D eigenvalue weighted by molar-refractivity contribution is -0.386. The normalized spacial score (nSPS) is 11.1. The molecule has 1 rings (SSSR count). The van der Waals surface area contributed by atoms with Crippen molar-refractivity contribution in [1.82, 2.24) is 0 Å². The number of rotatable bonds is 13. The third kappa shape index (κ3) is 7.93. The Bertz CT molecular complexity index is 792. The minimum atomic E-state index is -0.975. The summed E-state index contributed by atoms with van der Waals surface area (Å²) in [5.74, 6) is -1.29. The number of carboxylic acid groups (broad SMARTS) is 1. The molecule has 1 atom stereocenters. The van der Waals surface area contributed by atoms with E-state index in [0.29, 0.717) is 6.42 Å². The fraction of sp³-hybridized carbons (Fsp3) is 0.529. The Morgan fingerprint density at radius 3 is 2.62 bits per heavy atom. The van der Waals surface area contributed by atoms with Gasteiger partial charge in [0.25, 0.3) is 5.69 Å². The molecule has 0 heterocycles. The molecule has 12 nitrogen and oxygen atoms in total. The minimum absolute atomic E-state index is 0.000928. The minimum Gasteiger partial charge on any atom is -0.493 e. The van der Waals surface area contributed by atoms with E-state index in [1.165, 1.54) is 20.1 Å². The SMILES string of the molecule is COc1cc(C(C)OC(=O)CCCN=[N+]=[N-])c([N+](=O)[O-])cc1OCCCC(=O)O. The number of esters is 1. The largest absolute Gasteiger partial charge is 0.493 e. The number of hydrogen-bond donors (Lipinski definition) is 1. The Balaban J connectivity index is 2.95. The van der Waals surface area contributed by atoms with Gasteiger partial charge in [0.15, 0.2) is 11.5 Å². The molecule has 0 aromatic heterocycles. The lowest BCUT2D eigenvalue weighted by Gasteiger charge is -2.17. The average Bonchev–Trinajstić information content (AvgIpc) is 2.67. The van der Waals surface area contributed by atoms with Crippen LogP contribution in [-0.2, 0) is 14.3 Å². The second kappa shape index (κ2) is 12.0. The van der Waals surface area contributed by atoms with Gasteiger partial charge in [-0.15, -0.1) is 0 Å². The summed E-state index contributed by atoms with van der Waals surface area (Å²) < 4.78 is 15.8. The Morgan fingerprint density at radius 1 is 1.31 bits per heavy atom. The molecule has 0 aliphatic rings. The summed E-state index contributed by atoms with van der Waals surface area (Å²) in [4.78, 5) is 35.9.